The third kappa shape index (κ3) is 3.34. The summed E-state index contributed by atoms with van der Waals surface area (Å²) in [6.07, 6.45) is 1.05. The van der Waals surface area contributed by atoms with E-state index in [4.69, 9.17) is 14.2 Å². The molecule has 0 amide bonds. The predicted octanol–water partition coefficient (Wildman–Crippen LogP) is 2.70. The Morgan fingerprint density at radius 3 is 2.42 bits per heavy atom. The van der Waals surface area contributed by atoms with Crippen LogP contribution in [0, 0.1) is 0 Å². The molecule has 1 aliphatic rings. The molecule has 0 spiro atoms. The van der Waals surface area contributed by atoms with E-state index in [9.17, 15) is 0 Å². The zero-order chi connectivity index (χ0) is 16.9. The summed E-state index contributed by atoms with van der Waals surface area (Å²) in [4.78, 5) is 0. The van der Waals surface area contributed by atoms with Crippen LogP contribution in [-0.4, -0.2) is 26.9 Å². The van der Waals surface area contributed by atoms with Gasteiger partial charge in [-0.1, -0.05) is 0 Å². The molecule has 1 atom stereocenters. The van der Waals surface area contributed by atoms with Gasteiger partial charge in [0.05, 0.1) is 26.9 Å². The van der Waals surface area contributed by atoms with Crippen LogP contribution in [0.3, 0.4) is 0 Å². The van der Waals surface area contributed by atoms with E-state index >= 15 is 0 Å². The van der Waals surface area contributed by atoms with Gasteiger partial charge in [0, 0.05) is 17.5 Å². The van der Waals surface area contributed by atoms with Crippen LogP contribution >= 0.6 is 0 Å². The number of quaternary nitrogens is 1. The lowest BCUT2D eigenvalue weighted by atomic mass is 9.89. The van der Waals surface area contributed by atoms with E-state index in [1.165, 1.54) is 16.7 Å². The molecule has 24 heavy (non-hydrogen) atoms. The summed E-state index contributed by atoms with van der Waals surface area (Å²) in [5.41, 5.74) is 3.94. The molecule has 1 heterocycles. The average molecular weight is 328 g/mol. The minimum Gasteiger partial charge on any atom is -0.494 e. The molecule has 2 N–H and O–H groups in total. The normalized spacial score (nSPS) is 16.4. The zero-order valence-corrected chi connectivity index (χ0v) is 14.7. The molecule has 4 heteroatoms. The average Bonchev–Trinajstić information content (AvgIpc) is 2.62. The van der Waals surface area contributed by atoms with E-state index in [2.05, 4.69) is 29.6 Å². The number of methoxy groups -OCH3 is 1. The van der Waals surface area contributed by atoms with Gasteiger partial charge >= 0.3 is 0 Å². The largest absolute Gasteiger partial charge is 0.494 e. The van der Waals surface area contributed by atoms with Crippen LogP contribution in [0.4, 0.5) is 0 Å². The second-order valence-corrected chi connectivity index (χ2v) is 5.89. The Hall–Kier alpha value is -2.20. The van der Waals surface area contributed by atoms with Crippen molar-refractivity contribution in [3.63, 3.8) is 0 Å². The van der Waals surface area contributed by atoms with Gasteiger partial charge in [-0.25, -0.2) is 0 Å². The number of hydrogen-bond donors (Lipinski definition) is 1. The molecule has 3 rings (SSSR count). The van der Waals surface area contributed by atoms with Crippen molar-refractivity contribution in [3.05, 3.63) is 53.1 Å². The van der Waals surface area contributed by atoms with Gasteiger partial charge in [0.1, 0.15) is 11.8 Å². The summed E-state index contributed by atoms with van der Waals surface area (Å²) in [5, 5.41) is 2.39. The van der Waals surface area contributed by atoms with Crippen LogP contribution in [0.5, 0.6) is 17.2 Å². The molecular weight excluding hydrogens is 302 g/mol. The molecule has 0 unspecified atom stereocenters. The van der Waals surface area contributed by atoms with Crippen molar-refractivity contribution < 1.29 is 19.5 Å². The molecule has 0 saturated carbocycles. The van der Waals surface area contributed by atoms with Gasteiger partial charge in [0.15, 0.2) is 11.5 Å². The molecule has 0 saturated heterocycles. The van der Waals surface area contributed by atoms with Gasteiger partial charge in [-0.05, 0) is 55.8 Å². The van der Waals surface area contributed by atoms with Crippen LogP contribution in [-0.2, 0) is 6.42 Å². The topological polar surface area (TPSA) is 44.3 Å². The number of hydrogen-bond acceptors (Lipinski definition) is 3. The fraction of sp³-hybridized carbons (Fsp3) is 0.400. The monoisotopic (exact) mass is 328 g/mol. The third-order valence-electron chi connectivity index (χ3n) is 4.43. The van der Waals surface area contributed by atoms with Gasteiger partial charge in [-0.3, -0.25) is 0 Å². The summed E-state index contributed by atoms with van der Waals surface area (Å²) >= 11 is 0. The van der Waals surface area contributed by atoms with Gasteiger partial charge in [-0.15, -0.1) is 0 Å². The first-order valence-corrected chi connectivity index (χ1v) is 8.66. The molecule has 1 aliphatic heterocycles. The minimum atomic E-state index is 0.286. The maximum atomic E-state index is 5.73. The first kappa shape index (κ1) is 16.7. The highest BCUT2D eigenvalue weighted by Crippen LogP contribution is 2.36. The number of benzene rings is 2. The second-order valence-electron chi connectivity index (χ2n) is 5.89. The first-order chi connectivity index (χ1) is 11.8. The maximum absolute atomic E-state index is 5.73. The van der Waals surface area contributed by atoms with Crippen molar-refractivity contribution in [2.75, 3.05) is 26.9 Å². The Morgan fingerprint density at radius 2 is 1.75 bits per heavy atom. The van der Waals surface area contributed by atoms with Gasteiger partial charge < -0.3 is 19.5 Å². The van der Waals surface area contributed by atoms with Crippen LogP contribution in [0.25, 0.3) is 0 Å². The van der Waals surface area contributed by atoms with E-state index in [0.717, 1.165) is 30.2 Å². The molecule has 2 aromatic rings. The number of fused-ring (bicyclic) bond motifs is 1. The van der Waals surface area contributed by atoms with Crippen molar-refractivity contribution in [2.45, 2.75) is 26.3 Å². The number of ether oxygens (including phenoxy) is 3. The minimum absolute atomic E-state index is 0.286. The van der Waals surface area contributed by atoms with Crippen molar-refractivity contribution in [3.8, 4) is 17.2 Å². The Labute approximate surface area is 143 Å². The summed E-state index contributed by atoms with van der Waals surface area (Å²) < 4.78 is 16.8. The highest BCUT2D eigenvalue weighted by atomic mass is 16.5. The molecule has 0 fully saturated rings. The fourth-order valence-corrected chi connectivity index (χ4v) is 3.34. The fourth-order valence-electron chi connectivity index (χ4n) is 3.34. The molecule has 4 nitrogen and oxygen atoms in total. The van der Waals surface area contributed by atoms with Crippen molar-refractivity contribution >= 4 is 0 Å². The van der Waals surface area contributed by atoms with Crippen LogP contribution in [0.1, 0.15) is 36.6 Å². The summed E-state index contributed by atoms with van der Waals surface area (Å²) in [6.45, 7) is 6.40. The van der Waals surface area contributed by atoms with Crippen LogP contribution in [0.2, 0.25) is 0 Å². The summed E-state index contributed by atoms with van der Waals surface area (Å²) in [5.74, 6) is 2.56. The van der Waals surface area contributed by atoms with Gasteiger partial charge in [0.2, 0.25) is 0 Å². The highest BCUT2D eigenvalue weighted by Gasteiger charge is 2.27. The Balaban J connectivity index is 1.95. The van der Waals surface area contributed by atoms with Gasteiger partial charge in [0.25, 0.3) is 0 Å². The summed E-state index contributed by atoms with van der Waals surface area (Å²) in [6, 6.07) is 13.0. The zero-order valence-electron chi connectivity index (χ0n) is 14.7. The van der Waals surface area contributed by atoms with Crippen molar-refractivity contribution in [1.29, 1.82) is 0 Å². The van der Waals surface area contributed by atoms with Crippen molar-refractivity contribution in [1.82, 2.24) is 0 Å². The standard InChI is InChI=1S/C20H25NO3/c1-4-23-16-8-6-14(7-9-16)20-17-13-18(22-3)19(24-5-2)12-15(17)10-11-21-20/h6-9,12-13,20-21H,4-5,10-11H2,1-3H3/p+1/t20-/m0/s1. The van der Waals surface area contributed by atoms with E-state index < -0.39 is 0 Å². The molecule has 0 bridgehead atoms. The molecule has 0 aromatic heterocycles. The second kappa shape index (κ2) is 7.58. The van der Waals surface area contributed by atoms with Gasteiger partial charge in [-0.2, -0.15) is 0 Å². The third-order valence-corrected chi connectivity index (χ3v) is 4.43. The van der Waals surface area contributed by atoms with E-state index in [1.807, 2.05) is 26.0 Å². The highest BCUT2D eigenvalue weighted by molar-refractivity contribution is 5.50. The van der Waals surface area contributed by atoms with E-state index in [-0.39, 0.29) is 6.04 Å². The predicted molar refractivity (Wildman–Crippen MR) is 94.1 cm³/mol. The lowest BCUT2D eigenvalue weighted by Crippen LogP contribution is -2.87. The molecule has 0 aliphatic carbocycles. The number of nitrogens with two attached hydrogens (primary N) is 1. The quantitative estimate of drug-likeness (QED) is 0.887. The number of rotatable bonds is 6. The van der Waals surface area contributed by atoms with E-state index in [0.29, 0.717) is 13.2 Å². The first-order valence-electron chi connectivity index (χ1n) is 8.66. The van der Waals surface area contributed by atoms with Crippen molar-refractivity contribution in [2.24, 2.45) is 0 Å². The smallest absolute Gasteiger partial charge is 0.161 e. The van der Waals surface area contributed by atoms with Crippen LogP contribution in [0.15, 0.2) is 36.4 Å². The molecular formula is C20H26NO3+. The molecule has 0 radical (unpaired) electrons. The summed E-state index contributed by atoms with van der Waals surface area (Å²) in [7, 11) is 1.70. The Morgan fingerprint density at radius 1 is 1.00 bits per heavy atom. The lowest BCUT2D eigenvalue weighted by molar-refractivity contribution is -0.690. The molecule has 128 valence electrons. The SMILES string of the molecule is CCOc1ccc([C@@H]2[NH2+]CCc3cc(OCC)c(OC)cc32)cc1. The Bertz CT molecular complexity index is 682. The maximum Gasteiger partial charge on any atom is 0.161 e. The Kier molecular flexibility index (Phi) is 5.26. The van der Waals surface area contributed by atoms with E-state index in [1.54, 1.807) is 7.11 Å². The van der Waals surface area contributed by atoms with Crippen LogP contribution < -0.4 is 19.5 Å². The lowest BCUT2D eigenvalue weighted by Gasteiger charge is -2.26. The molecule has 2 aromatic carbocycles.